The van der Waals surface area contributed by atoms with Crippen LogP contribution in [0, 0.1) is 5.92 Å². The topological polar surface area (TPSA) is 48.7 Å². The van der Waals surface area contributed by atoms with Gasteiger partial charge in [-0.15, -0.1) is 0 Å². The number of nitrogens with one attached hydrogen (secondary N) is 1. The van der Waals surface area contributed by atoms with E-state index in [0.29, 0.717) is 12.5 Å². The van der Waals surface area contributed by atoms with Gasteiger partial charge in [-0.2, -0.15) is 0 Å². The highest BCUT2D eigenvalue weighted by atomic mass is 35.5. The van der Waals surface area contributed by atoms with Crippen molar-refractivity contribution in [2.45, 2.75) is 26.9 Å². The lowest BCUT2D eigenvalue weighted by Crippen LogP contribution is -2.52. The minimum absolute atomic E-state index is 0.594. The van der Waals surface area contributed by atoms with E-state index in [1.807, 2.05) is 37.6 Å². The summed E-state index contributed by atoms with van der Waals surface area (Å²) in [5, 5.41) is 4.25. The van der Waals surface area contributed by atoms with Crippen molar-refractivity contribution in [1.29, 1.82) is 0 Å². The van der Waals surface area contributed by atoms with Crippen molar-refractivity contribution in [3.8, 4) is 0 Å². The number of nitrogens with zero attached hydrogens (tertiary/aromatic N) is 5. The maximum Gasteiger partial charge on any atom is 0.194 e. The van der Waals surface area contributed by atoms with Gasteiger partial charge in [0.2, 0.25) is 0 Å². The molecule has 1 saturated heterocycles. The summed E-state index contributed by atoms with van der Waals surface area (Å²) in [6, 6.07) is 8.06. The zero-order valence-electron chi connectivity index (χ0n) is 16.4. The normalized spacial score (nSPS) is 15.5. The minimum atomic E-state index is 0.594. The Balaban J connectivity index is 1.54. The highest BCUT2D eigenvalue weighted by molar-refractivity contribution is 6.30. The van der Waals surface area contributed by atoms with Crippen LogP contribution in [0.5, 0.6) is 0 Å². The monoisotopic (exact) mass is 388 g/mol. The number of aromatic nitrogens is 2. The molecule has 0 bridgehead atoms. The van der Waals surface area contributed by atoms with Gasteiger partial charge in [-0.05, 0) is 24.1 Å². The van der Waals surface area contributed by atoms with Gasteiger partial charge >= 0.3 is 0 Å². The standard InChI is InChI=1S/C20H29ClN6/c1-16(2)15-27-8-7-23-19(27)14-24-20(22-3)26-11-9-25(10-12-26)18-6-4-5-17(21)13-18/h4-8,13,16H,9-12,14-15H2,1-3H3,(H,22,24). The van der Waals surface area contributed by atoms with Crippen LogP contribution in [-0.2, 0) is 13.1 Å². The number of imidazole rings is 1. The fourth-order valence-corrected chi connectivity index (χ4v) is 3.59. The minimum Gasteiger partial charge on any atom is -0.368 e. The fraction of sp³-hybridized carbons (Fsp3) is 0.500. The van der Waals surface area contributed by atoms with Crippen molar-refractivity contribution in [3.05, 3.63) is 47.5 Å². The molecule has 1 N–H and O–H groups in total. The second-order valence-corrected chi connectivity index (χ2v) is 7.68. The van der Waals surface area contributed by atoms with Crippen LogP contribution in [0.25, 0.3) is 0 Å². The molecule has 1 aromatic heterocycles. The van der Waals surface area contributed by atoms with Crippen LogP contribution in [-0.4, -0.2) is 53.6 Å². The maximum absolute atomic E-state index is 6.13. The predicted octanol–water partition coefficient (Wildman–Crippen LogP) is 3.09. The van der Waals surface area contributed by atoms with E-state index in [1.165, 1.54) is 5.69 Å². The van der Waals surface area contributed by atoms with E-state index in [1.54, 1.807) is 0 Å². The van der Waals surface area contributed by atoms with Gasteiger partial charge in [0, 0.05) is 62.9 Å². The molecule has 7 heteroatoms. The van der Waals surface area contributed by atoms with Crippen molar-refractivity contribution < 1.29 is 0 Å². The van der Waals surface area contributed by atoms with Gasteiger partial charge in [0.1, 0.15) is 5.82 Å². The van der Waals surface area contributed by atoms with Crippen LogP contribution in [0.1, 0.15) is 19.7 Å². The third kappa shape index (κ3) is 5.16. The van der Waals surface area contributed by atoms with Gasteiger partial charge in [0.25, 0.3) is 0 Å². The molecule has 0 amide bonds. The van der Waals surface area contributed by atoms with E-state index in [0.717, 1.165) is 49.5 Å². The lowest BCUT2D eigenvalue weighted by molar-refractivity contribution is 0.371. The fourth-order valence-electron chi connectivity index (χ4n) is 3.41. The van der Waals surface area contributed by atoms with Crippen LogP contribution >= 0.6 is 11.6 Å². The summed E-state index contributed by atoms with van der Waals surface area (Å²) < 4.78 is 2.21. The van der Waals surface area contributed by atoms with E-state index in [4.69, 9.17) is 11.6 Å². The molecule has 3 rings (SSSR count). The van der Waals surface area contributed by atoms with Gasteiger partial charge in [-0.3, -0.25) is 4.99 Å². The van der Waals surface area contributed by atoms with E-state index < -0.39 is 0 Å². The van der Waals surface area contributed by atoms with E-state index >= 15 is 0 Å². The Kier molecular flexibility index (Phi) is 6.61. The first kappa shape index (κ1) is 19.5. The van der Waals surface area contributed by atoms with Crippen molar-refractivity contribution in [3.63, 3.8) is 0 Å². The SMILES string of the molecule is CN=C(NCc1nccn1CC(C)C)N1CCN(c2cccc(Cl)c2)CC1. The van der Waals surface area contributed by atoms with Gasteiger partial charge in [-0.1, -0.05) is 31.5 Å². The molecule has 1 aliphatic heterocycles. The molecule has 0 spiro atoms. The average molecular weight is 389 g/mol. The number of halogens is 1. The van der Waals surface area contributed by atoms with Crippen LogP contribution in [0.15, 0.2) is 41.7 Å². The van der Waals surface area contributed by atoms with Crippen molar-refractivity contribution in [2.75, 3.05) is 38.1 Å². The quantitative estimate of drug-likeness (QED) is 0.631. The first-order valence-corrected chi connectivity index (χ1v) is 9.90. The number of anilines is 1. The summed E-state index contributed by atoms with van der Waals surface area (Å²) >= 11 is 6.13. The Morgan fingerprint density at radius 2 is 2.04 bits per heavy atom. The number of benzene rings is 1. The molecule has 0 aliphatic carbocycles. The molecule has 2 aromatic rings. The van der Waals surface area contributed by atoms with E-state index in [9.17, 15) is 0 Å². The highest BCUT2D eigenvalue weighted by Gasteiger charge is 2.20. The zero-order chi connectivity index (χ0) is 19.2. The summed E-state index contributed by atoms with van der Waals surface area (Å²) in [6.45, 7) is 9.84. The van der Waals surface area contributed by atoms with Gasteiger partial charge in [-0.25, -0.2) is 4.98 Å². The molecule has 0 radical (unpaired) electrons. The number of aliphatic imine (C=N–C) groups is 1. The number of hydrogen-bond acceptors (Lipinski definition) is 3. The van der Waals surface area contributed by atoms with Crippen LogP contribution in [0.4, 0.5) is 5.69 Å². The average Bonchev–Trinajstić information content (AvgIpc) is 3.09. The van der Waals surface area contributed by atoms with Crippen molar-refractivity contribution in [1.82, 2.24) is 19.8 Å². The molecular formula is C20H29ClN6. The number of rotatable bonds is 5. The smallest absolute Gasteiger partial charge is 0.194 e. The molecule has 2 heterocycles. The molecule has 6 nitrogen and oxygen atoms in total. The second-order valence-electron chi connectivity index (χ2n) is 7.24. The molecule has 0 saturated carbocycles. The largest absolute Gasteiger partial charge is 0.368 e. The van der Waals surface area contributed by atoms with Crippen molar-refractivity contribution >= 4 is 23.2 Å². The molecule has 1 aliphatic rings. The molecule has 1 fully saturated rings. The Hall–Kier alpha value is -2.21. The van der Waals surface area contributed by atoms with Gasteiger partial charge < -0.3 is 19.7 Å². The number of hydrogen-bond donors (Lipinski definition) is 1. The van der Waals surface area contributed by atoms with Crippen molar-refractivity contribution in [2.24, 2.45) is 10.9 Å². The third-order valence-corrected chi connectivity index (χ3v) is 4.97. The highest BCUT2D eigenvalue weighted by Crippen LogP contribution is 2.20. The molecule has 146 valence electrons. The van der Waals surface area contributed by atoms with Crippen LogP contribution < -0.4 is 10.2 Å². The summed E-state index contributed by atoms with van der Waals surface area (Å²) in [4.78, 5) is 13.6. The number of piperazine rings is 1. The first-order chi connectivity index (χ1) is 13.1. The molecule has 1 aromatic carbocycles. The number of guanidine groups is 1. The molecular weight excluding hydrogens is 360 g/mol. The summed E-state index contributed by atoms with van der Waals surface area (Å²) in [6.07, 6.45) is 3.91. The summed E-state index contributed by atoms with van der Waals surface area (Å²) in [5.74, 6) is 2.57. The van der Waals surface area contributed by atoms with E-state index in [2.05, 4.69) is 49.6 Å². The van der Waals surface area contributed by atoms with Gasteiger partial charge in [0.15, 0.2) is 5.96 Å². The lowest BCUT2D eigenvalue weighted by Gasteiger charge is -2.37. The first-order valence-electron chi connectivity index (χ1n) is 9.53. The Morgan fingerprint density at radius 1 is 1.26 bits per heavy atom. The second kappa shape index (κ2) is 9.13. The lowest BCUT2D eigenvalue weighted by atomic mass is 10.2. The predicted molar refractivity (Wildman–Crippen MR) is 113 cm³/mol. The Bertz CT molecular complexity index is 761. The summed E-state index contributed by atoms with van der Waals surface area (Å²) in [7, 11) is 1.84. The molecule has 0 unspecified atom stereocenters. The van der Waals surface area contributed by atoms with Crippen LogP contribution in [0.2, 0.25) is 5.02 Å². The Morgan fingerprint density at radius 3 is 2.70 bits per heavy atom. The third-order valence-electron chi connectivity index (χ3n) is 4.73. The zero-order valence-corrected chi connectivity index (χ0v) is 17.2. The van der Waals surface area contributed by atoms with Gasteiger partial charge in [0.05, 0.1) is 6.54 Å². The Labute approximate surface area is 166 Å². The maximum atomic E-state index is 6.13. The van der Waals surface area contributed by atoms with E-state index in [-0.39, 0.29) is 0 Å². The summed E-state index contributed by atoms with van der Waals surface area (Å²) in [5.41, 5.74) is 1.18. The van der Waals surface area contributed by atoms with Crippen LogP contribution in [0.3, 0.4) is 0 Å². The molecule has 0 atom stereocenters. The molecule has 27 heavy (non-hydrogen) atoms.